The number of rotatable bonds is 81. The van der Waals surface area contributed by atoms with Gasteiger partial charge in [0.1, 0.15) is 19.3 Å². The molecule has 100 heavy (non-hydrogen) atoms. The molecule has 0 radical (unpaired) electrons. The Labute approximate surface area is 613 Å². The highest BCUT2D eigenvalue weighted by Gasteiger charge is 2.30. The van der Waals surface area contributed by atoms with Crippen LogP contribution < -0.4 is 0 Å². The van der Waals surface area contributed by atoms with E-state index < -0.39 is 97.5 Å². The first kappa shape index (κ1) is 98.1. The molecule has 0 bridgehead atoms. The molecule has 0 aromatic rings. The third-order valence-electron chi connectivity index (χ3n) is 19.0. The van der Waals surface area contributed by atoms with Crippen LogP contribution in [0.15, 0.2) is 0 Å². The zero-order valence-corrected chi connectivity index (χ0v) is 67.1. The summed E-state index contributed by atoms with van der Waals surface area (Å²) in [7, 11) is -9.92. The van der Waals surface area contributed by atoms with Gasteiger partial charge in [-0.3, -0.25) is 37.3 Å². The van der Waals surface area contributed by atoms with Crippen molar-refractivity contribution in [2.24, 2.45) is 5.92 Å². The van der Waals surface area contributed by atoms with Gasteiger partial charge in [-0.15, -0.1) is 0 Å². The van der Waals surface area contributed by atoms with Gasteiger partial charge in [-0.05, 0) is 31.6 Å². The lowest BCUT2D eigenvalue weighted by atomic mass is 10.0. The van der Waals surface area contributed by atoms with Crippen molar-refractivity contribution in [2.75, 3.05) is 39.6 Å². The molecule has 5 atom stereocenters. The molecule has 19 heteroatoms. The van der Waals surface area contributed by atoms with E-state index in [-0.39, 0.29) is 25.7 Å². The predicted molar refractivity (Wildman–Crippen MR) is 409 cm³/mol. The lowest BCUT2D eigenvalue weighted by molar-refractivity contribution is -0.161. The molecule has 2 unspecified atom stereocenters. The van der Waals surface area contributed by atoms with Crippen LogP contribution in [0, 0.1) is 5.92 Å². The Bertz CT molecular complexity index is 1910. The molecule has 0 aliphatic heterocycles. The summed E-state index contributed by atoms with van der Waals surface area (Å²) >= 11 is 0. The van der Waals surface area contributed by atoms with Crippen molar-refractivity contribution in [3.8, 4) is 0 Å². The van der Waals surface area contributed by atoms with Gasteiger partial charge in [0.25, 0.3) is 0 Å². The van der Waals surface area contributed by atoms with Crippen molar-refractivity contribution in [1.82, 2.24) is 0 Å². The Morgan fingerprint density at radius 2 is 0.460 bits per heavy atom. The second-order valence-electron chi connectivity index (χ2n) is 29.6. The predicted octanol–water partition coefficient (Wildman–Crippen LogP) is 24.4. The second-order valence-corrected chi connectivity index (χ2v) is 32.5. The minimum Gasteiger partial charge on any atom is -0.462 e. The largest absolute Gasteiger partial charge is 0.472 e. The summed E-state index contributed by atoms with van der Waals surface area (Å²) in [5, 5.41) is 10.6. The van der Waals surface area contributed by atoms with E-state index in [1.807, 2.05) is 0 Å². The summed E-state index contributed by atoms with van der Waals surface area (Å²) in [6, 6.07) is 0. The van der Waals surface area contributed by atoms with E-state index in [9.17, 15) is 43.2 Å². The molecule has 0 aliphatic carbocycles. The van der Waals surface area contributed by atoms with Gasteiger partial charge < -0.3 is 33.8 Å². The zero-order valence-electron chi connectivity index (χ0n) is 65.3. The van der Waals surface area contributed by atoms with E-state index >= 15 is 0 Å². The molecule has 0 aromatic carbocycles. The van der Waals surface area contributed by atoms with Gasteiger partial charge in [0.15, 0.2) is 12.2 Å². The third kappa shape index (κ3) is 74.3. The molecule has 0 heterocycles. The van der Waals surface area contributed by atoms with Crippen molar-refractivity contribution in [3.05, 3.63) is 0 Å². The van der Waals surface area contributed by atoms with Gasteiger partial charge in [-0.2, -0.15) is 0 Å². The monoisotopic (exact) mass is 1470 g/mol. The molecule has 17 nitrogen and oxygen atoms in total. The van der Waals surface area contributed by atoms with Gasteiger partial charge in [0.2, 0.25) is 0 Å². The number of carbonyl (C=O) groups excluding carboxylic acids is 4. The Balaban J connectivity index is 5.25. The van der Waals surface area contributed by atoms with E-state index in [4.69, 9.17) is 37.0 Å². The maximum absolute atomic E-state index is 13.1. The first-order valence-electron chi connectivity index (χ1n) is 42.1. The fourth-order valence-corrected chi connectivity index (χ4v) is 14.2. The van der Waals surface area contributed by atoms with Gasteiger partial charge >= 0.3 is 39.5 Å². The number of unbranched alkanes of at least 4 members (excludes halogenated alkanes) is 53. The smallest absolute Gasteiger partial charge is 0.462 e. The number of phosphoric ester groups is 2. The molecular formula is C81H158O17P2. The minimum atomic E-state index is -4.96. The van der Waals surface area contributed by atoms with Crippen LogP contribution in [0.4, 0.5) is 0 Å². The maximum atomic E-state index is 13.1. The molecule has 0 spiro atoms. The van der Waals surface area contributed by atoms with E-state index in [1.54, 1.807) is 0 Å². The van der Waals surface area contributed by atoms with Crippen LogP contribution in [0.5, 0.6) is 0 Å². The van der Waals surface area contributed by atoms with Gasteiger partial charge in [0.05, 0.1) is 26.4 Å². The molecule has 0 saturated heterocycles. The summed E-state index contributed by atoms with van der Waals surface area (Å²) in [6.45, 7) is 7.37. The van der Waals surface area contributed by atoms with E-state index in [0.717, 1.165) is 95.8 Å². The number of aliphatic hydroxyl groups is 1. The lowest BCUT2D eigenvalue weighted by Crippen LogP contribution is -2.30. The first-order chi connectivity index (χ1) is 48.5. The van der Waals surface area contributed by atoms with Gasteiger partial charge in [0, 0.05) is 25.7 Å². The number of phosphoric acid groups is 2. The highest BCUT2D eigenvalue weighted by Crippen LogP contribution is 2.45. The summed E-state index contributed by atoms with van der Waals surface area (Å²) < 4.78 is 68.8. The fourth-order valence-electron chi connectivity index (χ4n) is 12.6. The van der Waals surface area contributed by atoms with Gasteiger partial charge in [-0.1, -0.05) is 381 Å². The fraction of sp³-hybridized carbons (Fsp3) is 0.951. The topological polar surface area (TPSA) is 237 Å². The quantitative estimate of drug-likeness (QED) is 0.0222. The average Bonchev–Trinajstić information content (AvgIpc) is 0.926. The van der Waals surface area contributed by atoms with E-state index in [0.29, 0.717) is 25.7 Å². The van der Waals surface area contributed by atoms with Crippen molar-refractivity contribution in [2.45, 2.75) is 451 Å². The zero-order chi connectivity index (χ0) is 73.4. The van der Waals surface area contributed by atoms with E-state index in [2.05, 4.69) is 34.6 Å². The molecule has 0 amide bonds. The molecule has 0 aliphatic rings. The second kappa shape index (κ2) is 73.9. The van der Waals surface area contributed by atoms with Crippen LogP contribution in [0.25, 0.3) is 0 Å². The number of ether oxygens (including phenoxy) is 4. The van der Waals surface area contributed by atoms with Crippen LogP contribution in [-0.4, -0.2) is 96.7 Å². The molecular weight excluding hydrogens is 1310 g/mol. The molecule has 0 saturated carbocycles. The normalized spacial score (nSPS) is 13.8. The Morgan fingerprint density at radius 1 is 0.270 bits per heavy atom. The van der Waals surface area contributed by atoms with Crippen molar-refractivity contribution >= 4 is 39.5 Å². The van der Waals surface area contributed by atoms with Crippen LogP contribution in [-0.2, 0) is 65.4 Å². The standard InChI is InChI=1S/C81H158O17P2/c1-6-9-12-15-18-21-24-27-30-36-40-45-50-55-60-65-79(84)92-71-77(98-81(86)67-62-57-52-47-42-37-32-29-28-31-35-38-43-48-53-58-63-74(4)5)73-96-100(89,90)94-69-75(82)68-93-99(87,88)95-72-76(97-80(85)66-61-56-51-46-41-34-26-23-20-17-14-11-8-3)70-91-78(83)64-59-54-49-44-39-33-25-22-19-16-13-10-7-2/h74-77,82H,6-73H2,1-5H3,(H,87,88)(H,89,90)/t75-,76+,77+/m0/s1. The number of hydrogen-bond acceptors (Lipinski definition) is 15. The summed E-state index contributed by atoms with van der Waals surface area (Å²) in [5.41, 5.74) is 0. The van der Waals surface area contributed by atoms with E-state index in [1.165, 1.54) is 257 Å². The van der Waals surface area contributed by atoms with Crippen LogP contribution in [0.3, 0.4) is 0 Å². The maximum Gasteiger partial charge on any atom is 0.472 e. The molecule has 0 rings (SSSR count). The highest BCUT2D eigenvalue weighted by molar-refractivity contribution is 7.47. The molecule has 3 N–H and O–H groups in total. The molecule has 594 valence electrons. The summed E-state index contributed by atoms with van der Waals surface area (Å²) in [5.74, 6) is -1.29. The van der Waals surface area contributed by atoms with Crippen molar-refractivity contribution in [3.63, 3.8) is 0 Å². The first-order valence-corrected chi connectivity index (χ1v) is 45.1. The third-order valence-corrected chi connectivity index (χ3v) is 20.9. The number of aliphatic hydroxyl groups excluding tert-OH is 1. The Kier molecular flexibility index (Phi) is 72.5. The SMILES string of the molecule is CCCCCCCCCCCCCCCCCC(=O)OC[C@H](COP(=O)(O)OC[C@@H](O)COP(=O)(O)OC[C@@H](COC(=O)CCCCCCCCCCCCCCC)OC(=O)CCCCCCCCCCCCCCC)OC(=O)CCCCCCCCCCCCCCCCCCC(C)C. The number of hydrogen-bond donors (Lipinski definition) is 3. The average molecular weight is 1470 g/mol. The number of esters is 4. The summed E-state index contributed by atoms with van der Waals surface area (Å²) in [4.78, 5) is 73.1. The van der Waals surface area contributed by atoms with Crippen LogP contribution >= 0.6 is 15.6 Å². The number of carbonyl (C=O) groups is 4. The summed E-state index contributed by atoms with van der Waals surface area (Å²) in [6.07, 6.45) is 65.0. The van der Waals surface area contributed by atoms with Crippen LogP contribution in [0.2, 0.25) is 0 Å². The molecule has 0 fully saturated rings. The van der Waals surface area contributed by atoms with Crippen molar-refractivity contribution in [1.29, 1.82) is 0 Å². The minimum absolute atomic E-state index is 0.108. The molecule has 0 aromatic heterocycles. The Morgan fingerprint density at radius 3 is 0.680 bits per heavy atom. The van der Waals surface area contributed by atoms with Crippen molar-refractivity contribution < 1.29 is 80.2 Å². The lowest BCUT2D eigenvalue weighted by Gasteiger charge is -2.21. The highest BCUT2D eigenvalue weighted by atomic mass is 31.2. The van der Waals surface area contributed by atoms with Crippen LogP contribution in [0.1, 0.15) is 433 Å². The Hall–Kier alpha value is -1.94. The van der Waals surface area contributed by atoms with Gasteiger partial charge in [-0.25, -0.2) is 9.13 Å².